The predicted octanol–water partition coefficient (Wildman–Crippen LogP) is 6.76. The summed E-state index contributed by atoms with van der Waals surface area (Å²) in [5.41, 5.74) is 0. The molecule has 0 aliphatic rings. The van der Waals surface area contributed by atoms with E-state index in [-0.39, 0.29) is 32.1 Å². The summed E-state index contributed by atoms with van der Waals surface area (Å²) in [6.07, 6.45) is 23.9. The zero-order valence-electron chi connectivity index (χ0n) is 24.6. The van der Waals surface area contributed by atoms with E-state index in [1.165, 1.54) is 83.5 Å². The molecule has 9 nitrogen and oxygen atoms in total. The second-order valence-corrected chi connectivity index (χ2v) is 11.5. The molecule has 230 valence electrons. The molecule has 0 fully saturated rings. The summed E-state index contributed by atoms with van der Waals surface area (Å²) in [6, 6.07) is 0. The number of carbonyl (C=O) groups is 2. The second-order valence-electron chi connectivity index (χ2n) is 10.0. The first-order chi connectivity index (χ1) is 18.8. The van der Waals surface area contributed by atoms with E-state index < -0.39 is 26.5 Å². The highest BCUT2D eigenvalue weighted by Crippen LogP contribution is 2.42. The molecule has 0 heterocycles. The molecule has 0 aromatic carbocycles. The molecule has 0 spiro atoms. The van der Waals surface area contributed by atoms with Gasteiger partial charge in [0.1, 0.15) is 12.7 Å². The summed E-state index contributed by atoms with van der Waals surface area (Å²) in [4.78, 5) is 32.5. The standard InChI is InChI=1S/C29H56NO8P/c1-3-5-6-7-8-9-10-11-12-13-14-15-16-17-18-19-20-21-22-28(32)30-23-24-37-39(34,35)38-26-27(31)25-36-29(33)4-2/h12-13,27,31H,3-11,14-26H2,1-2H3,(H,30,32)(H,34,35)/b13-12-. The molecule has 0 aliphatic carbocycles. The topological polar surface area (TPSA) is 131 Å². The van der Waals surface area contributed by atoms with Crippen LogP contribution in [0.15, 0.2) is 12.2 Å². The number of esters is 1. The van der Waals surface area contributed by atoms with Crippen LogP contribution in [0.5, 0.6) is 0 Å². The molecule has 3 N–H and O–H groups in total. The van der Waals surface area contributed by atoms with Gasteiger partial charge in [-0.3, -0.25) is 18.6 Å². The molecule has 0 bridgehead atoms. The van der Waals surface area contributed by atoms with Crippen molar-refractivity contribution in [1.29, 1.82) is 0 Å². The monoisotopic (exact) mass is 577 g/mol. The fourth-order valence-corrected chi connectivity index (χ4v) is 4.64. The van der Waals surface area contributed by atoms with Gasteiger partial charge in [-0.2, -0.15) is 0 Å². The van der Waals surface area contributed by atoms with Gasteiger partial charge in [0.15, 0.2) is 0 Å². The van der Waals surface area contributed by atoms with E-state index in [9.17, 15) is 24.2 Å². The minimum Gasteiger partial charge on any atom is -0.463 e. The van der Waals surface area contributed by atoms with Crippen molar-refractivity contribution >= 4 is 19.7 Å². The number of ether oxygens (including phenoxy) is 1. The zero-order valence-corrected chi connectivity index (χ0v) is 25.5. The molecule has 10 heteroatoms. The highest BCUT2D eigenvalue weighted by molar-refractivity contribution is 7.47. The summed E-state index contributed by atoms with van der Waals surface area (Å²) in [6.45, 7) is 2.90. The van der Waals surface area contributed by atoms with Crippen LogP contribution >= 0.6 is 7.82 Å². The number of amides is 1. The van der Waals surface area contributed by atoms with Crippen molar-refractivity contribution in [1.82, 2.24) is 5.32 Å². The lowest BCUT2D eigenvalue weighted by molar-refractivity contribution is -0.146. The number of aliphatic hydroxyl groups is 1. The van der Waals surface area contributed by atoms with Crippen LogP contribution in [0.4, 0.5) is 0 Å². The molecule has 0 saturated carbocycles. The van der Waals surface area contributed by atoms with E-state index in [0.29, 0.717) is 6.42 Å². The lowest BCUT2D eigenvalue weighted by Crippen LogP contribution is -2.27. The summed E-state index contributed by atoms with van der Waals surface area (Å²) >= 11 is 0. The first kappa shape index (κ1) is 37.8. The number of unbranched alkanes of at least 4 members (excludes halogenated alkanes) is 14. The van der Waals surface area contributed by atoms with Crippen molar-refractivity contribution < 1.29 is 37.9 Å². The Kier molecular flexibility index (Phi) is 26.1. The average Bonchev–Trinajstić information content (AvgIpc) is 2.92. The van der Waals surface area contributed by atoms with Gasteiger partial charge in [-0.05, 0) is 32.1 Å². The van der Waals surface area contributed by atoms with Gasteiger partial charge < -0.3 is 20.1 Å². The van der Waals surface area contributed by atoms with E-state index in [4.69, 9.17) is 9.26 Å². The fourth-order valence-electron chi connectivity index (χ4n) is 3.88. The summed E-state index contributed by atoms with van der Waals surface area (Å²) < 4.78 is 25.9. The minimum atomic E-state index is -4.37. The Labute approximate surface area is 237 Å². The molecule has 0 aromatic rings. The van der Waals surface area contributed by atoms with Crippen molar-refractivity contribution in [3.05, 3.63) is 12.2 Å². The van der Waals surface area contributed by atoms with Crippen LogP contribution in [0.25, 0.3) is 0 Å². The summed E-state index contributed by atoms with van der Waals surface area (Å²) in [5, 5.41) is 12.3. The van der Waals surface area contributed by atoms with Gasteiger partial charge in [0.05, 0.1) is 13.2 Å². The Bertz CT molecular complexity index is 674. The van der Waals surface area contributed by atoms with Crippen molar-refractivity contribution in [2.45, 2.75) is 136 Å². The Morgan fingerprint density at radius 1 is 0.795 bits per heavy atom. The van der Waals surface area contributed by atoms with Crippen LogP contribution in [-0.2, 0) is 27.9 Å². The summed E-state index contributed by atoms with van der Waals surface area (Å²) in [7, 11) is -4.37. The Balaban J connectivity index is 3.50. The molecule has 0 aromatic heterocycles. The van der Waals surface area contributed by atoms with Gasteiger partial charge in [0.2, 0.25) is 5.91 Å². The largest absolute Gasteiger partial charge is 0.472 e. The maximum atomic E-state index is 11.9. The first-order valence-electron chi connectivity index (χ1n) is 15.2. The zero-order chi connectivity index (χ0) is 29.0. The van der Waals surface area contributed by atoms with Crippen molar-refractivity contribution in [3.8, 4) is 0 Å². The molecule has 1 amide bonds. The SMILES string of the molecule is CCCCCCCCC/C=C\CCCCCCCCCC(=O)NCCOP(=O)(O)OCC(O)COC(=O)CC. The van der Waals surface area contributed by atoms with Gasteiger partial charge in [0, 0.05) is 19.4 Å². The van der Waals surface area contributed by atoms with E-state index >= 15 is 0 Å². The van der Waals surface area contributed by atoms with Crippen LogP contribution in [0, 0.1) is 0 Å². The average molecular weight is 578 g/mol. The number of phosphoric acid groups is 1. The van der Waals surface area contributed by atoms with Crippen LogP contribution < -0.4 is 5.32 Å². The van der Waals surface area contributed by atoms with E-state index in [0.717, 1.165) is 19.3 Å². The third-order valence-corrected chi connectivity index (χ3v) is 7.23. The van der Waals surface area contributed by atoms with Crippen LogP contribution in [0.2, 0.25) is 0 Å². The molecular formula is C29H56NO8P. The van der Waals surface area contributed by atoms with Crippen LogP contribution in [0.1, 0.15) is 129 Å². The highest BCUT2D eigenvalue weighted by atomic mass is 31.2. The summed E-state index contributed by atoms with van der Waals surface area (Å²) in [5.74, 6) is -0.611. The van der Waals surface area contributed by atoms with Gasteiger partial charge in [-0.15, -0.1) is 0 Å². The molecule has 2 unspecified atom stereocenters. The second kappa shape index (κ2) is 26.9. The number of aliphatic hydroxyl groups excluding tert-OH is 1. The molecule has 39 heavy (non-hydrogen) atoms. The number of rotatable bonds is 28. The number of hydrogen-bond acceptors (Lipinski definition) is 7. The highest BCUT2D eigenvalue weighted by Gasteiger charge is 2.23. The van der Waals surface area contributed by atoms with E-state index in [2.05, 4.69) is 28.9 Å². The molecule has 0 saturated heterocycles. The first-order valence-corrected chi connectivity index (χ1v) is 16.7. The van der Waals surface area contributed by atoms with Crippen molar-refractivity contribution in [2.75, 3.05) is 26.4 Å². The minimum absolute atomic E-state index is 0.0803. The Morgan fingerprint density at radius 2 is 1.33 bits per heavy atom. The molecular weight excluding hydrogens is 521 g/mol. The van der Waals surface area contributed by atoms with E-state index in [1.54, 1.807) is 6.92 Å². The molecule has 0 radical (unpaired) electrons. The third-order valence-electron chi connectivity index (χ3n) is 6.25. The van der Waals surface area contributed by atoms with Crippen LogP contribution in [-0.4, -0.2) is 54.3 Å². The van der Waals surface area contributed by atoms with Crippen molar-refractivity contribution in [3.63, 3.8) is 0 Å². The van der Waals surface area contributed by atoms with Gasteiger partial charge in [-0.1, -0.05) is 96.6 Å². The van der Waals surface area contributed by atoms with Gasteiger partial charge >= 0.3 is 13.8 Å². The lowest BCUT2D eigenvalue weighted by Gasteiger charge is -2.15. The molecule has 2 atom stereocenters. The third kappa shape index (κ3) is 28.1. The maximum Gasteiger partial charge on any atom is 0.472 e. The number of nitrogens with one attached hydrogen (secondary N) is 1. The predicted molar refractivity (Wildman–Crippen MR) is 155 cm³/mol. The van der Waals surface area contributed by atoms with Crippen molar-refractivity contribution in [2.24, 2.45) is 0 Å². The fraction of sp³-hybridized carbons (Fsp3) is 0.862. The number of hydrogen-bond donors (Lipinski definition) is 3. The smallest absolute Gasteiger partial charge is 0.463 e. The van der Waals surface area contributed by atoms with Gasteiger partial charge in [0.25, 0.3) is 0 Å². The molecule has 0 rings (SSSR count). The van der Waals surface area contributed by atoms with Gasteiger partial charge in [-0.25, -0.2) is 4.57 Å². The lowest BCUT2D eigenvalue weighted by atomic mass is 10.1. The Morgan fingerprint density at radius 3 is 1.90 bits per heavy atom. The quantitative estimate of drug-likeness (QED) is 0.0402. The van der Waals surface area contributed by atoms with Crippen LogP contribution in [0.3, 0.4) is 0 Å². The Hall–Kier alpha value is -1.25. The maximum absolute atomic E-state index is 11.9. The number of allylic oxidation sites excluding steroid dienone is 2. The number of phosphoric ester groups is 1. The number of carbonyl (C=O) groups excluding carboxylic acids is 2. The normalized spacial score (nSPS) is 13.8. The van der Waals surface area contributed by atoms with E-state index in [1.807, 2.05) is 0 Å². The molecule has 0 aliphatic heterocycles.